The van der Waals surface area contributed by atoms with Gasteiger partial charge in [0.1, 0.15) is 19.7 Å². The summed E-state index contributed by atoms with van der Waals surface area (Å²) >= 11 is 0. The Balaban J connectivity index is 2.81. The maximum absolute atomic E-state index is 8.68. The highest BCUT2D eigenvalue weighted by Gasteiger charge is 2.11. The molecule has 1 aromatic rings. The first-order valence-corrected chi connectivity index (χ1v) is 4.90. The molecule has 0 aromatic carbocycles. The van der Waals surface area contributed by atoms with Gasteiger partial charge in [-0.2, -0.15) is 5.26 Å². The van der Waals surface area contributed by atoms with Crippen LogP contribution in [0.25, 0.3) is 0 Å². The van der Waals surface area contributed by atoms with Crippen LogP contribution in [0.2, 0.25) is 0 Å². The minimum absolute atomic E-state index is 0.185. The van der Waals surface area contributed by atoms with Gasteiger partial charge in [0.15, 0.2) is 0 Å². The van der Waals surface area contributed by atoms with Gasteiger partial charge in [-0.25, -0.2) is 9.97 Å². The summed E-state index contributed by atoms with van der Waals surface area (Å²) in [5.74, 6) is 0.952. The van der Waals surface area contributed by atoms with Gasteiger partial charge in [0.05, 0.1) is 0 Å². The van der Waals surface area contributed by atoms with Crippen LogP contribution in [-0.4, -0.2) is 24.4 Å². The standard InChI is InChI=1S/C10H15BN4/c1-10(2,3)6-14-9-7(11)5-13-8(4-12)15-9/h5H,6,11H2,1-3H3,(H,13,14,15). The molecule has 0 aliphatic carbocycles. The number of aromatic nitrogens is 2. The monoisotopic (exact) mass is 202 g/mol. The molecule has 0 saturated heterocycles. The van der Waals surface area contributed by atoms with Gasteiger partial charge in [-0.1, -0.05) is 20.8 Å². The number of hydrogen-bond acceptors (Lipinski definition) is 4. The lowest BCUT2D eigenvalue weighted by molar-refractivity contribution is 0.442. The number of nitriles is 1. The average Bonchev–Trinajstić information content (AvgIpc) is 2.15. The summed E-state index contributed by atoms with van der Waals surface area (Å²) in [4.78, 5) is 8.00. The van der Waals surface area contributed by atoms with E-state index < -0.39 is 0 Å². The molecule has 0 fully saturated rings. The minimum atomic E-state index is 0.185. The third-order valence-electron chi connectivity index (χ3n) is 1.86. The summed E-state index contributed by atoms with van der Waals surface area (Å²) in [7, 11) is 1.92. The number of nitrogens with zero attached hydrogens (tertiary/aromatic N) is 3. The Morgan fingerprint density at radius 3 is 2.73 bits per heavy atom. The zero-order chi connectivity index (χ0) is 11.5. The molecule has 0 atom stereocenters. The molecule has 0 spiro atoms. The lowest BCUT2D eigenvalue weighted by Crippen LogP contribution is -2.24. The second-order valence-electron chi connectivity index (χ2n) is 4.75. The Morgan fingerprint density at radius 1 is 1.53 bits per heavy atom. The zero-order valence-electron chi connectivity index (χ0n) is 9.63. The molecular formula is C10H15BN4. The van der Waals surface area contributed by atoms with Crippen molar-refractivity contribution in [3.8, 4) is 6.07 Å². The van der Waals surface area contributed by atoms with Gasteiger partial charge in [-0.05, 0) is 10.9 Å². The first-order valence-electron chi connectivity index (χ1n) is 4.90. The quantitative estimate of drug-likeness (QED) is 0.689. The van der Waals surface area contributed by atoms with E-state index in [1.54, 1.807) is 6.20 Å². The molecule has 4 nitrogen and oxygen atoms in total. The molecule has 0 amide bonds. The molecule has 0 aliphatic heterocycles. The predicted octanol–water partition coefficient (Wildman–Crippen LogP) is 0.0647. The number of rotatable bonds is 2. The van der Waals surface area contributed by atoms with Crippen molar-refractivity contribution in [2.75, 3.05) is 11.9 Å². The molecular weight excluding hydrogens is 187 g/mol. The van der Waals surface area contributed by atoms with Gasteiger partial charge in [-0.3, -0.25) is 0 Å². The van der Waals surface area contributed by atoms with Crippen LogP contribution in [0.4, 0.5) is 5.82 Å². The Hall–Kier alpha value is -1.57. The first-order chi connectivity index (χ1) is 6.92. The van der Waals surface area contributed by atoms with Crippen molar-refractivity contribution in [3.63, 3.8) is 0 Å². The van der Waals surface area contributed by atoms with Crippen molar-refractivity contribution < 1.29 is 0 Å². The van der Waals surface area contributed by atoms with E-state index >= 15 is 0 Å². The summed E-state index contributed by atoms with van der Waals surface area (Å²) in [5.41, 5.74) is 1.14. The van der Waals surface area contributed by atoms with Crippen LogP contribution < -0.4 is 10.8 Å². The molecule has 15 heavy (non-hydrogen) atoms. The van der Waals surface area contributed by atoms with Crippen LogP contribution in [0.5, 0.6) is 0 Å². The lowest BCUT2D eigenvalue weighted by atomic mass is 9.95. The Kier molecular flexibility index (Phi) is 3.30. The molecule has 0 saturated carbocycles. The van der Waals surface area contributed by atoms with E-state index in [-0.39, 0.29) is 11.2 Å². The molecule has 1 rings (SSSR count). The number of anilines is 1. The Morgan fingerprint density at radius 2 is 2.20 bits per heavy atom. The van der Waals surface area contributed by atoms with Crippen molar-refractivity contribution in [2.24, 2.45) is 5.41 Å². The summed E-state index contributed by atoms with van der Waals surface area (Å²) in [5, 5.41) is 11.9. The Labute approximate surface area is 91.2 Å². The van der Waals surface area contributed by atoms with Crippen LogP contribution in [0.15, 0.2) is 6.20 Å². The molecule has 0 unspecified atom stereocenters. The maximum Gasteiger partial charge on any atom is 0.234 e. The van der Waals surface area contributed by atoms with E-state index in [2.05, 4.69) is 36.1 Å². The van der Waals surface area contributed by atoms with Crippen molar-refractivity contribution in [1.82, 2.24) is 9.97 Å². The molecule has 1 N–H and O–H groups in total. The van der Waals surface area contributed by atoms with E-state index in [9.17, 15) is 0 Å². The fourth-order valence-electron chi connectivity index (χ4n) is 1.02. The molecule has 0 aliphatic rings. The van der Waals surface area contributed by atoms with Gasteiger partial charge in [0, 0.05) is 12.7 Å². The number of nitrogens with one attached hydrogen (secondary N) is 1. The van der Waals surface area contributed by atoms with Gasteiger partial charge in [-0.15, -0.1) is 0 Å². The number of hydrogen-bond donors (Lipinski definition) is 1. The second-order valence-corrected chi connectivity index (χ2v) is 4.75. The summed E-state index contributed by atoms with van der Waals surface area (Å²) in [6.45, 7) is 7.24. The molecule has 1 aromatic heterocycles. The van der Waals surface area contributed by atoms with E-state index in [0.717, 1.165) is 17.8 Å². The maximum atomic E-state index is 8.68. The van der Waals surface area contributed by atoms with Crippen LogP contribution >= 0.6 is 0 Å². The average molecular weight is 202 g/mol. The summed E-state index contributed by atoms with van der Waals surface area (Å²) in [6.07, 6.45) is 1.66. The lowest BCUT2D eigenvalue weighted by Gasteiger charge is -2.19. The smallest absolute Gasteiger partial charge is 0.234 e. The van der Waals surface area contributed by atoms with Crippen LogP contribution in [0.3, 0.4) is 0 Å². The minimum Gasteiger partial charge on any atom is -0.370 e. The van der Waals surface area contributed by atoms with Crippen molar-refractivity contribution >= 4 is 19.1 Å². The highest BCUT2D eigenvalue weighted by atomic mass is 15.0. The SMILES string of the molecule is Bc1cnc(C#N)nc1NCC(C)(C)C. The van der Waals surface area contributed by atoms with Crippen LogP contribution in [0, 0.1) is 16.7 Å². The molecule has 1 heterocycles. The highest BCUT2D eigenvalue weighted by molar-refractivity contribution is 6.35. The van der Waals surface area contributed by atoms with Crippen molar-refractivity contribution in [1.29, 1.82) is 5.26 Å². The van der Waals surface area contributed by atoms with Gasteiger partial charge < -0.3 is 5.32 Å². The molecule has 0 radical (unpaired) electrons. The van der Waals surface area contributed by atoms with Crippen molar-refractivity contribution in [2.45, 2.75) is 20.8 Å². The summed E-state index contributed by atoms with van der Waals surface area (Å²) in [6, 6.07) is 1.93. The van der Waals surface area contributed by atoms with E-state index in [1.807, 2.05) is 13.9 Å². The third-order valence-corrected chi connectivity index (χ3v) is 1.86. The van der Waals surface area contributed by atoms with Crippen LogP contribution in [-0.2, 0) is 0 Å². The van der Waals surface area contributed by atoms with Crippen molar-refractivity contribution in [3.05, 3.63) is 12.0 Å². The van der Waals surface area contributed by atoms with Gasteiger partial charge in [0.25, 0.3) is 0 Å². The fraction of sp³-hybridized carbons (Fsp3) is 0.500. The topological polar surface area (TPSA) is 61.6 Å². The van der Waals surface area contributed by atoms with Gasteiger partial charge >= 0.3 is 0 Å². The van der Waals surface area contributed by atoms with E-state index in [4.69, 9.17) is 5.26 Å². The molecule has 78 valence electrons. The normalized spacial score (nSPS) is 10.8. The summed E-state index contributed by atoms with van der Waals surface area (Å²) < 4.78 is 0. The molecule has 5 heteroatoms. The third kappa shape index (κ3) is 3.58. The zero-order valence-corrected chi connectivity index (χ0v) is 9.63. The fourth-order valence-corrected chi connectivity index (χ4v) is 1.02. The predicted molar refractivity (Wildman–Crippen MR) is 62.9 cm³/mol. The first kappa shape index (κ1) is 11.5. The highest BCUT2D eigenvalue weighted by Crippen LogP contribution is 2.12. The molecule has 0 bridgehead atoms. The second kappa shape index (κ2) is 4.30. The van der Waals surface area contributed by atoms with Crippen LogP contribution in [0.1, 0.15) is 26.6 Å². The van der Waals surface area contributed by atoms with E-state index in [1.165, 1.54) is 0 Å². The Bertz CT molecular complexity index is 389. The van der Waals surface area contributed by atoms with E-state index in [0.29, 0.717) is 0 Å². The largest absolute Gasteiger partial charge is 0.370 e. The van der Waals surface area contributed by atoms with Gasteiger partial charge in [0.2, 0.25) is 5.82 Å².